The topological polar surface area (TPSA) is 46.3 Å². The number of nitrogens with two attached hydrogens (primary N) is 1. The van der Waals surface area contributed by atoms with Crippen molar-refractivity contribution in [2.24, 2.45) is 11.7 Å². The Morgan fingerprint density at radius 1 is 1.31 bits per heavy atom. The van der Waals surface area contributed by atoms with E-state index in [-0.39, 0.29) is 11.9 Å². The quantitative estimate of drug-likeness (QED) is 0.699. The van der Waals surface area contributed by atoms with Crippen molar-refractivity contribution >= 4 is 5.91 Å². The van der Waals surface area contributed by atoms with Crippen molar-refractivity contribution < 1.29 is 4.79 Å². The van der Waals surface area contributed by atoms with Crippen LogP contribution < -0.4 is 5.73 Å². The van der Waals surface area contributed by atoms with Crippen LogP contribution in [0.2, 0.25) is 0 Å². The summed E-state index contributed by atoms with van der Waals surface area (Å²) in [6.07, 6.45) is 6.19. The predicted octanol–water partition coefficient (Wildman–Crippen LogP) is 0.736. The van der Waals surface area contributed by atoms with Crippen LogP contribution in [0.15, 0.2) is 0 Å². The number of primary amides is 1. The van der Waals surface area contributed by atoms with Gasteiger partial charge in [0.25, 0.3) is 0 Å². The molecule has 74 valence electrons. The summed E-state index contributed by atoms with van der Waals surface area (Å²) in [4.78, 5) is 13.4. The summed E-state index contributed by atoms with van der Waals surface area (Å²) in [5.74, 6) is 0.719. The number of nitrogens with zero attached hydrogens (tertiary/aromatic N) is 1. The van der Waals surface area contributed by atoms with Crippen LogP contribution in [0.25, 0.3) is 0 Å². The summed E-state index contributed by atoms with van der Waals surface area (Å²) < 4.78 is 0. The van der Waals surface area contributed by atoms with Crippen LogP contribution >= 0.6 is 0 Å². The molecule has 1 aliphatic carbocycles. The van der Waals surface area contributed by atoms with Crippen LogP contribution in [0.1, 0.15) is 32.1 Å². The minimum atomic E-state index is -0.128. The number of hydrogen-bond acceptors (Lipinski definition) is 2. The van der Waals surface area contributed by atoms with Crippen LogP contribution in [0, 0.1) is 5.92 Å². The molecule has 1 atom stereocenters. The highest BCUT2D eigenvalue weighted by molar-refractivity contribution is 5.80. The molecule has 2 rings (SSSR count). The summed E-state index contributed by atoms with van der Waals surface area (Å²) in [5.41, 5.74) is 5.34. The van der Waals surface area contributed by atoms with E-state index in [1.54, 1.807) is 0 Å². The molecule has 13 heavy (non-hydrogen) atoms. The second-order valence-corrected chi connectivity index (χ2v) is 4.35. The van der Waals surface area contributed by atoms with Gasteiger partial charge in [-0.25, -0.2) is 0 Å². The highest BCUT2D eigenvalue weighted by atomic mass is 16.1. The second kappa shape index (κ2) is 3.66. The van der Waals surface area contributed by atoms with Gasteiger partial charge in [0, 0.05) is 6.54 Å². The molecule has 1 unspecified atom stereocenters. The maximum absolute atomic E-state index is 11.1. The zero-order chi connectivity index (χ0) is 9.26. The Bertz CT molecular complexity index is 201. The van der Waals surface area contributed by atoms with E-state index in [4.69, 9.17) is 5.73 Å². The van der Waals surface area contributed by atoms with Crippen LogP contribution in [-0.4, -0.2) is 29.9 Å². The molecule has 3 nitrogen and oxygen atoms in total. The van der Waals surface area contributed by atoms with E-state index < -0.39 is 0 Å². The van der Waals surface area contributed by atoms with Crippen molar-refractivity contribution in [3.05, 3.63) is 0 Å². The van der Waals surface area contributed by atoms with E-state index >= 15 is 0 Å². The maximum atomic E-state index is 11.1. The largest absolute Gasteiger partial charge is 0.368 e. The first-order valence-electron chi connectivity index (χ1n) is 5.31. The van der Waals surface area contributed by atoms with E-state index in [1.165, 1.54) is 19.3 Å². The fourth-order valence-corrected chi connectivity index (χ4v) is 2.37. The van der Waals surface area contributed by atoms with Gasteiger partial charge < -0.3 is 5.73 Å². The Labute approximate surface area is 79.3 Å². The van der Waals surface area contributed by atoms with Gasteiger partial charge in [0.05, 0.1) is 6.04 Å². The van der Waals surface area contributed by atoms with Crippen molar-refractivity contribution in [3.63, 3.8) is 0 Å². The maximum Gasteiger partial charge on any atom is 0.234 e. The number of rotatable bonds is 3. The molecule has 2 fully saturated rings. The van der Waals surface area contributed by atoms with Gasteiger partial charge in [-0.05, 0) is 38.1 Å². The molecule has 3 heteroatoms. The number of carbonyl (C=O) groups excluding carboxylic acids is 1. The van der Waals surface area contributed by atoms with Gasteiger partial charge in [0.15, 0.2) is 0 Å². The lowest BCUT2D eigenvalue weighted by atomic mass is 9.85. The Kier molecular flexibility index (Phi) is 2.54. The zero-order valence-corrected chi connectivity index (χ0v) is 8.04. The van der Waals surface area contributed by atoms with Crippen LogP contribution in [0.5, 0.6) is 0 Å². The lowest BCUT2D eigenvalue weighted by Gasteiger charge is -2.32. The minimum absolute atomic E-state index is 0.0422. The van der Waals surface area contributed by atoms with Crippen molar-refractivity contribution in [2.75, 3.05) is 13.1 Å². The van der Waals surface area contributed by atoms with Gasteiger partial charge in [-0.2, -0.15) is 0 Å². The van der Waals surface area contributed by atoms with Gasteiger partial charge in [-0.1, -0.05) is 6.42 Å². The first-order chi connectivity index (χ1) is 6.27. The van der Waals surface area contributed by atoms with Gasteiger partial charge in [-0.15, -0.1) is 0 Å². The summed E-state index contributed by atoms with van der Waals surface area (Å²) in [7, 11) is 0. The van der Waals surface area contributed by atoms with Crippen LogP contribution in [0.4, 0.5) is 0 Å². The van der Waals surface area contributed by atoms with Crippen molar-refractivity contribution in [1.29, 1.82) is 0 Å². The average Bonchev–Trinajstić information content (AvgIpc) is 2.44. The molecule has 0 radical (unpaired) electrons. The molecule has 0 bridgehead atoms. The fourth-order valence-electron chi connectivity index (χ4n) is 2.37. The van der Waals surface area contributed by atoms with Crippen molar-refractivity contribution in [3.8, 4) is 0 Å². The Hall–Kier alpha value is -0.570. The van der Waals surface area contributed by atoms with Crippen molar-refractivity contribution in [1.82, 2.24) is 4.90 Å². The number of hydrogen-bond donors (Lipinski definition) is 1. The first kappa shape index (κ1) is 9.00. The molecule has 1 aliphatic heterocycles. The molecular weight excluding hydrogens is 164 g/mol. The molecule has 1 amide bonds. The third kappa shape index (κ3) is 1.85. The second-order valence-electron chi connectivity index (χ2n) is 4.35. The molecule has 2 N–H and O–H groups in total. The number of likely N-dealkylation sites (tertiary alicyclic amines) is 1. The summed E-state index contributed by atoms with van der Waals surface area (Å²) >= 11 is 0. The van der Waals surface area contributed by atoms with Gasteiger partial charge in [0.1, 0.15) is 0 Å². The Balaban J connectivity index is 1.85. The minimum Gasteiger partial charge on any atom is -0.368 e. The fraction of sp³-hybridized carbons (Fsp3) is 0.900. The Morgan fingerprint density at radius 2 is 2.08 bits per heavy atom. The molecule has 0 aromatic heterocycles. The summed E-state index contributed by atoms with van der Waals surface area (Å²) in [6.45, 7) is 2.18. The van der Waals surface area contributed by atoms with E-state index in [0.29, 0.717) is 0 Å². The lowest BCUT2D eigenvalue weighted by molar-refractivity contribution is -0.122. The van der Waals surface area contributed by atoms with Crippen molar-refractivity contribution in [2.45, 2.75) is 38.1 Å². The third-order valence-corrected chi connectivity index (χ3v) is 3.41. The average molecular weight is 182 g/mol. The van der Waals surface area contributed by atoms with E-state index in [2.05, 4.69) is 4.90 Å². The van der Waals surface area contributed by atoms with Gasteiger partial charge in [0.2, 0.25) is 5.91 Å². The third-order valence-electron chi connectivity index (χ3n) is 3.41. The SMILES string of the molecule is NC(=O)C1CCCN1CC1CCC1. The first-order valence-corrected chi connectivity index (χ1v) is 5.31. The van der Waals surface area contributed by atoms with E-state index in [9.17, 15) is 4.79 Å². The lowest BCUT2D eigenvalue weighted by Crippen LogP contribution is -2.43. The molecular formula is C10H18N2O. The zero-order valence-electron chi connectivity index (χ0n) is 8.04. The van der Waals surface area contributed by atoms with Gasteiger partial charge in [-0.3, -0.25) is 9.69 Å². The Morgan fingerprint density at radius 3 is 2.62 bits per heavy atom. The molecule has 1 saturated heterocycles. The molecule has 0 spiro atoms. The predicted molar refractivity (Wildman–Crippen MR) is 51.1 cm³/mol. The molecule has 0 aromatic rings. The summed E-state index contributed by atoms with van der Waals surface area (Å²) in [5, 5.41) is 0. The molecule has 1 saturated carbocycles. The number of carbonyl (C=O) groups is 1. The van der Waals surface area contributed by atoms with Gasteiger partial charge >= 0.3 is 0 Å². The molecule has 0 aromatic carbocycles. The molecule has 2 aliphatic rings. The number of amides is 1. The summed E-state index contributed by atoms with van der Waals surface area (Å²) in [6, 6.07) is 0.0422. The van der Waals surface area contributed by atoms with Crippen LogP contribution in [0.3, 0.4) is 0 Å². The smallest absolute Gasteiger partial charge is 0.234 e. The van der Waals surface area contributed by atoms with E-state index in [0.717, 1.165) is 31.8 Å². The van der Waals surface area contributed by atoms with E-state index in [1.807, 2.05) is 0 Å². The standard InChI is InChI=1S/C10H18N2O/c11-10(13)9-5-2-6-12(9)7-8-3-1-4-8/h8-9H,1-7H2,(H2,11,13). The highest BCUT2D eigenvalue weighted by Crippen LogP contribution is 2.29. The van der Waals surface area contributed by atoms with Crippen LogP contribution in [-0.2, 0) is 4.79 Å². The normalized spacial score (nSPS) is 30.3. The highest BCUT2D eigenvalue weighted by Gasteiger charge is 2.31. The monoisotopic (exact) mass is 182 g/mol. The molecule has 1 heterocycles.